The Morgan fingerprint density at radius 3 is 2.44 bits per heavy atom. The predicted octanol–water partition coefficient (Wildman–Crippen LogP) is 3.44. The molecule has 0 heterocycles. The van der Waals surface area contributed by atoms with Crippen LogP contribution in [0.25, 0.3) is 0 Å². The number of benzene rings is 1. The van der Waals surface area contributed by atoms with Gasteiger partial charge in [0.2, 0.25) is 0 Å². The van der Waals surface area contributed by atoms with Gasteiger partial charge in [0.05, 0.1) is 30.6 Å². The lowest BCUT2D eigenvalue weighted by molar-refractivity contribution is 0.389. The summed E-state index contributed by atoms with van der Waals surface area (Å²) in [6, 6.07) is 6.39. The van der Waals surface area contributed by atoms with Crippen LogP contribution in [0.5, 0.6) is 11.5 Å². The molecule has 1 fully saturated rings. The minimum absolute atomic E-state index is 0.251. The topological polar surface area (TPSA) is 42.2 Å². The monoisotopic (exact) mass is 263 g/mol. The molecular weight excluding hydrogens is 246 g/mol. The van der Waals surface area contributed by atoms with Gasteiger partial charge in [0.1, 0.15) is 11.5 Å². The third-order valence-corrected chi connectivity index (χ3v) is 4.36. The first-order chi connectivity index (χ1) is 8.59. The van der Waals surface area contributed by atoms with Crippen LogP contribution in [0, 0.1) is 16.7 Å². The van der Waals surface area contributed by atoms with Crippen LogP contribution in [-0.4, -0.2) is 20.5 Å². The van der Waals surface area contributed by atoms with Gasteiger partial charge in [-0.3, -0.25) is 0 Å². The molecule has 1 aromatic rings. The van der Waals surface area contributed by atoms with Gasteiger partial charge in [-0.1, -0.05) is 0 Å². The van der Waals surface area contributed by atoms with Gasteiger partial charge in [-0.25, -0.2) is 0 Å². The summed E-state index contributed by atoms with van der Waals surface area (Å²) in [6.45, 7) is 1.99. The van der Waals surface area contributed by atoms with Crippen LogP contribution in [0.4, 0.5) is 0 Å². The van der Waals surface area contributed by atoms with Crippen LogP contribution >= 0.6 is 11.8 Å². The Hall–Kier alpha value is -1.34. The van der Waals surface area contributed by atoms with Gasteiger partial charge in [-0.15, -0.1) is 11.8 Å². The standard InChI is InChI=1S/C14H17NO2S/c1-14(8-15)7-10(14)9-5-12(17-3)13(18-4)6-11(9)16-2/h5-6,10H,7H2,1-4H3. The van der Waals surface area contributed by atoms with Crippen molar-refractivity contribution in [3.63, 3.8) is 0 Å². The van der Waals surface area contributed by atoms with Crippen molar-refractivity contribution in [1.29, 1.82) is 5.26 Å². The van der Waals surface area contributed by atoms with Crippen LogP contribution in [0.2, 0.25) is 0 Å². The lowest BCUT2D eigenvalue weighted by atomic mass is 10.0. The Morgan fingerprint density at radius 1 is 1.33 bits per heavy atom. The van der Waals surface area contributed by atoms with E-state index in [2.05, 4.69) is 6.07 Å². The SMILES string of the molecule is COc1cc(C2CC2(C)C#N)c(OC)cc1SC. The Morgan fingerprint density at radius 2 is 2.00 bits per heavy atom. The van der Waals surface area contributed by atoms with Crippen molar-refractivity contribution in [2.45, 2.75) is 24.2 Å². The average molecular weight is 263 g/mol. The summed E-state index contributed by atoms with van der Waals surface area (Å²) in [5.74, 6) is 1.96. The Balaban J connectivity index is 2.45. The van der Waals surface area contributed by atoms with E-state index in [1.165, 1.54) is 0 Å². The molecule has 0 bridgehead atoms. The van der Waals surface area contributed by atoms with Gasteiger partial charge < -0.3 is 9.47 Å². The lowest BCUT2D eigenvalue weighted by Crippen LogP contribution is -1.98. The molecule has 96 valence electrons. The maximum atomic E-state index is 9.16. The first-order valence-electron chi connectivity index (χ1n) is 5.80. The number of nitriles is 1. The normalized spacial score (nSPS) is 25.4. The molecule has 2 rings (SSSR count). The summed E-state index contributed by atoms with van der Waals surface area (Å²) in [5, 5.41) is 9.16. The molecule has 3 nitrogen and oxygen atoms in total. The van der Waals surface area contributed by atoms with Gasteiger partial charge in [0, 0.05) is 11.5 Å². The van der Waals surface area contributed by atoms with E-state index < -0.39 is 0 Å². The first-order valence-corrected chi connectivity index (χ1v) is 7.03. The fourth-order valence-corrected chi connectivity index (χ4v) is 2.84. The third-order valence-electron chi connectivity index (χ3n) is 3.60. The Kier molecular flexibility index (Phi) is 3.45. The Labute approximate surface area is 112 Å². The van der Waals surface area contributed by atoms with E-state index in [-0.39, 0.29) is 11.3 Å². The van der Waals surface area contributed by atoms with E-state index >= 15 is 0 Å². The van der Waals surface area contributed by atoms with Gasteiger partial charge in [-0.2, -0.15) is 5.26 Å². The lowest BCUT2D eigenvalue weighted by Gasteiger charge is -2.14. The molecule has 2 unspecified atom stereocenters. The molecule has 0 saturated heterocycles. The zero-order chi connectivity index (χ0) is 13.3. The van der Waals surface area contributed by atoms with Crippen molar-refractivity contribution >= 4 is 11.8 Å². The van der Waals surface area contributed by atoms with Gasteiger partial charge in [-0.05, 0) is 31.7 Å². The molecule has 1 saturated carbocycles. The van der Waals surface area contributed by atoms with Gasteiger partial charge in [0.25, 0.3) is 0 Å². The third kappa shape index (κ3) is 2.04. The second-order valence-electron chi connectivity index (χ2n) is 4.74. The molecule has 1 aromatic carbocycles. The number of methoxy groups -OCH3 is 2. The zero-order valence-electron chi connectivity index (χ0n) is 11.1. The van der Waals surface area contributed by atoms with E-state index in [1.807, 2.05) is 25.3 Å². The van der Waals surface area contributed by atoms with E-state index in [0.29, 0.717) is 0 Å². The summed E-state index contributed by atoms with van der Waals surface area (Å²) >= 11 is 1.63. The predicted molar refractivity (Wildman–Crippen MR) is 72.4 cm³/mol. The second-order valence-corrected chi connectivity index (χ2v) is 5.58. The number of nitrogens with zero attached hydrogens (tertiary/aromatic N) is 1. The number of hydrogen-bond acceptors (Lipinski definition) is 4. The van der Waals surface area contributed by atoms with E-state index in [9.17, 15) is 0 Å². The van der Waals surface area contributed by atoms with Crippen LogP contribution < -0.4 is 9.47 Å². The summed E-state index contributed by atoms with van der Waals surface area (Å²) in [4.78, 5) is 1.05. The number of thioether (sulfide) groups is 1. The highest BCUT2D eigenvalue weighted by molar-refractivity contribution is 7.98. The van der Waals surface area contributed by atoms with Crippen LogP contribution in [0.3, 0.4) is 0 Å². The molecule has 0 radical (unpaired) electrons. The molecule has 1 aliphatic carbocycles. The van der Waals surface area contributed by atoms with Crippen molar-refractivity contribution in [1.82, 2.24) is 0 Å². The number of rotatable bonds is 4. The highest BCUT2D eigenvalue weighted by Gasteiger charge is 2.52. The second kappa shape index (κ2) is 4.74. The fraction of sp³-hybridized carbons (Fsp3) is 0.500. The van der Waals surface area contributed by atoms with Crippen molar-refractivity contribution in [2.24, 2.45) is 5.41 Å². The summed E-state index contributed by atoms with van der Waals surface area (Å²) in [7, 11) is 3.34. The summed E-state index contributed by atoms with van der Waals surface area (Å²) in [5.41, 5.74) is 0.829. The van der Waals surface area contributed by atoms with E-state index in [1.54, 1.807) is 26.0 Å². The van der Waals surface area contributed by atoms with Crippen molar-refractivity contribution in [3.8, 4) is 17.6 Å². The van der Waals surface area contributed by atoms with Crippen molar-refractivity contribution in [2.75, 3.05) is 20.5 Å². The minimum Gasteiger partial charge on any atom is -0.496 e. The molecule has 0 spiro atoms. The number of hydrogen-bond donors (Lipinski definition) is 0. The molecule has 0 N–H and O–H groups in total. The van der Waals surface area contributed by atoms with E-state index in [4.69, 9.17) is 14.7 Å². The minimum atomic E-state index is -0.251. The highest BCUT2D eigenvalue weighted by atomic mass is 32.2. The molecule has 0 amide bonds. The smallest absolute Gasteiger partial charge is 0.132 e. The molecule has 1 aliphatic rings. The van der Waals surface area contributed by atoms with Crippen LogP contribution in [0.15, 0.2) is 17.0 Å². The molecule has 0 aliphatic heterocycles. The summed E-state index contributed by atoms with van der Waals surface area (Å²) < 4.78 is 10.8. The fourth-order valence-electron chi connectivity index (χ4n) is 2.27. The van der Waals surface area contributed by atoms with Crippen LogP contribution in [0.1, 0.15) is 24.8 Å². The van der Waals surface area contributed by atoms with E-state index in [0.717, 1.165) is 28.4 Å². The largest absolute Gasteiger partial charge is 0.496 e. The summed E-state index contributed by atoms with van der Waals surface area (Å²) in [6.07, 6.45) is 2.90. The molecule has 0 aromatic heterocycles. The quantitative estimate of drug-likeness (QED) is 0.780. The van der Waals surface area contributed by atoms with Crippen LogP contribution in [-0.2, 0) is 0 Å². The first kappa shape index (κ1) is 13.1. The highest BCUT2D eigenvalue weighted by Crippen LogP contribution is 2.61. The van der Waals surface area contributed by atoms with Crippen molar-refractivity contribution < 1.29 is 9.47 Å². The molecule has 4 heteroatoms. The van der Waals surface area contributed by atoms with Crippen molar-refractivity contribution in [3.05, 3.63) is 17.7 Å². The molecular formula is C14H17NO2S. The zero-order valence-corrected chi connectivity index (χ0v) is 11.9. The maximum absolute atomic E-state index is 9.16. The molecule has 18 heavy (non-hydrogen) atoms. The van der Waals surface area contributed by atoms with Gasteiger partial charge >= 0.3 is 0 Å². The average Bonchev–Trinajstić information content (AvgIpc) is 3.09. The maximum Gasteiger partial charge on any atom is 0.132 e. The number of ether oxygens (including phenoxy) is 2. The van der Waals surface area contributed by atoms with Gasteiger partial charge in [0.15, 0.2) is 0 Å². The molecule has 2 atom stereocenters. The Bertz CT molecular complexity index is 509.